The summed E-state index contributed by atoms with van der Waals surface area (Å²) in [6.45, 7) is 9.17. The summed E-state index contributed by atoms with van der Waals surface area (Å²) in [5.41, 5.74) is 2.12. The molecule has 3 nitrogen and oxygen atoms in total. The van der Waals surface area contributed by atoms with Crippen LogP contribution in [0.2, 0.25) is 0 Å². The van der Waals surface area contributed by atoms with Gasteiger partial charge in [0, 0.05) is 17.9 Å². The van der Waals surface area contributed by atoms with Crippen LogP contribution >= 0.6 is 0 Å². The fraction of sp³-hybridized carbons (Fsp3) is 0.600. The molecule has 1 aromatic heterocycles. The SMILES string of the molecule is CCNc1nc(C)cc(C(C)C)n1. The van der Waals surface area contributed by atoms with E-state index in [1.165, 1.54) is 0 Å². The summed E-state index contributed by atoms with van der Waals surface area (Å²) >= 11 is 0. The van der Waals surface area contributed by atoms with Crippen LogP contribution in [0.4, 0.5) is 5.95 Å². The van der Waals surface area contributed by atoms with Crippen molar-refractivity contribution in [1.82, 2.24) is 9.97 Å². The number of aryl methyl sites for hydroxylation is 1. The number of nitrogens with zero attached hydrogens (tertiary/aromatic N) is 2. The van der Waals surface area contributed by atoms with Crippen molar-refractivity contribution in [2.75, 3.05) is 11.9 Å². The third-order valence-electron chi connectivity index (χ3n) is 1.80. The molecule has 0 bridgehead atoms. The van der Waals surface area contributed by atoms with Gasteiger partial charge in [-0.2, -0.15) is 0 Å². The van der Waals surface area contributed by atoms with E-state index in [4.69, 9.17) is 0 Å². The lowest BCUT2D eigenvalue weighted by Gasteiger charge is -2.08. The second kappa shape index (κ2) is 4.21. The molecule has 0 aliphatic heterocycles. The van der Waals surface area contributed by atoms with Crippen molar-refractivity contribution >= 4 is 5.95 Å². The Morgan fingerprint density at radius 3 is 2.62 bits per heavy atom. The first-order chi connectivity index (χ1) is 6.13. The molecule has 0 radical (unpaired) electrons. The van der Waals surface area contributed by atoms with E-state index >= 15 is 0 Å². The maximum Gasteiger partial charge on any atom is 0.223 e. The quantitative estimate of drug-likeness (QED) is 0.774. The summed E-state index contributed by atoms with van der Waals surface area (Å²) in [6.07, 6.45) is 0. The van der Waals surface area contributed by atoms with Crippen LogP contribution in [0, 0.1) is 6.92 Å². The van der Waals surface area contributed by atoms with E-state index in [0.29, 0.717) is 5.92 Å². The minimum atomic E-state index is 0.458. The van der Waals surface area contributed by atoms with Crippen LogP contribution in [0.25, 0.3) is 0 Å². The molecule has 13 heavy (non-hydrogen) atoms. The molecule has 0 spiro atoms. The molecule has 0 unspecified atom stereocenters. The monoisotopic (exact) mass is 179 g/mol. The van der Waals surface area contributed by atoms with E-state index in [0.717, 1.165) is 23.9 Å². The van der Waals surface area contributed by atoms with Gasteiger partial charge in [-0.15, -0.1) is 0 Å². The van der Waals surface area contributed by atoms with Gasteiger partial charge in [-0.1, -0.05) is 13.8 Å². The van der Waals surface area contributed by atoms with Crippen LogP contribution in [-0.4, -0.2) is 16.5 Å². The van der Waals surface area contributed by atoms with Gasteiger partial charge in [0.05, 0.1) is 0 Å². The molecule has 1 N–H and O–H groups in total. The molecule has 0 saturated heterocycles. The van der Waals surface area contributed by atoms with E-state index in [-0.39, 0.29) is 0 Å². The van der Waals surface area contributed by atoms with E-state index in [9.17, 15) is 0 Å². The summed E-state index contributed by atoms with van der Waals surface area (Å²) in [5.74, 6) is 1.20. The standard InChI is InChI=1S/C10H17N3/c1-5-11-10-12-8(4)6-9(13-10)7(2)3/h6-7H,5H2,1-4H3,(H,11,12,13). The maximum absolute atomic E-state index is 4.40. The lowest BCUT2D eigenvalue weighted by atomic mass is 10.1. The van der Waals surface area contributed by atoms with Gasteiger partial charge in [0.1, 0.15) is 0 Å². The van der Waals surface area contributed by atoms with Gasteiger partial charge in [0.2, 0.25) is 5.95 Å². The lowest BCUT2D eigenvalue weighted by molar-refractivity contribution is 0.809. The zero-order valence-electron chi connectivity index (χ0n) is 8.76. The minimum absolute atomic E-state index is 0.458. The number of aromatic nitrogens is 2. The maximum atomic E-state index is 4.40. The highest BCUT2D eigenvalue weighted by Crippen LogP contribution is 2.13. The van der Waals surface area contributed by atoms with Gasteiger partial charge in [-0.25, -0.2) is 9.97 Å². The van der Waals surface area contributed by atoms with Crippen LogP contribution in [0.1, 0.15) is 38.1 Å². The highest BCUT2D eigenvalue weighted by atomic mass is 15.1. The molecule has 1 heterocycles. The molecule has 72 valence electrons. The smallest absolute Gasteiger partial charge is 0.223 e. The predicted molar refractivity (Wildman–Crippen MR) is 55.0 cm³/mol. The zero-order chi connectivity index (χ0) is 9.84. The summed E-state index contributed by atoms with van der Waals surface area (Å²) in [7, 11) is 0. The first-order valence-electron chi connectivity index (χ1n) is 4.73. The first-order valence-corrected chi connectivity index (χ1v) is 4.73. The van der Waals surface area contributed by atoms with Gasteiger partial charge < -0.3 is 5.32 Å². The molecule has 0 fully saturated rings. The molecule has 1 aromatic rings. The Kier molecular flexibility index (Phi) is 3.23. The number of nitrogens with one attached hydrogen (secondary N) is 1. The fourth-order valence-electron chi connectivity index (χ4n) is 1.13. The van der Waals surface area contributed by atoms with Gasteiger partial charge in [-0.3, -0.25) is 0 Å². The Hall–Kier alpha value is -1.12. The second-order valence-electron chi connectivity index (χ2n) is 3.44. The lowest BCUT2D eigenvalue weighted by Crippen LogP contribution is -2.06. The van der Waals surface area contributed by atoms with Crippen molar-refractivity contribution in [3.63, 3.8) is 0 Å². The largest absolute Gasteiger partial charge is 0.354 e. The highest BCUT2D eigenvalue weighted by Gasteiger charge is 2.04. The predicted octanol–water partition coefficient (Wildman–Crippen LogP) is 2.34. The molecule has 0 amide bonds. The number of anilines is 1. The van der Waals surface area contributed by atoms with Crippen LogP contribution < -0.4 is 5.32 Å². The molecule has 0 aliphatic carbocycles. The number of hydrogen-bond donors (Lipinski definition) is 1. The topological polar surface area (TPSA) is 37.8 Å². The van der Waals surface area contributed by atoms with Gasteiger partial charge in [-0.05, 0) is 25.8 Å². The molecule has 0 atom stereocenters. The zero-order valence-corrected chi connectivity index (χ0v) is 8.76. The first kappa shape index (κ1) is 9.96. The Morgan fingerprint density at radius 2 is 2.08 bits per heavy atom. The van der Waals surface area contributed by atoms with Crippen molar-refractivity contribution in [1.29, 1.82) is 0 Å². The molecule has 3 heteroatoms. The molecule has 0 saturated carbocycles. The van der Waals surface area contributed by atoms with Crippen molar-refractivity contribution in [2.24, 2.45) is 0 Å². The van der Waals surface area contributed by atoms with Crippen LogP contribution in [0.5, 0.6) is 0 Å². The molecule has 0 aliphatic rings. The van der Waals surface area contributed by atoms with Crippen molar-refractivity contribution in [2.45, 2.75) is 33.6 Å². The summed E-state index contributed by atoms with van der Waals surface area (Å²) in [6, 6.07) is 2.03. The van der Waals surface area contributed by atoms with Crippen molar-refractivity contribution in [3.05, 3.63) is 17.5 Å². The van der Waals surface area contributed by atoms with Crippen LogP contribution in [0.15, 0.2) is 6.07 Å². The van der Waals surface area contributed by atoms with Gasteiger partial charge >= 0.3 is 0 Å². The molecular formula is C10H17N3. The van der Waals surface area contributed by atoms with E-state index in [1.807, 2.05) is 19.9 Å². The Bertz CT molecular complexity index is 281. The average Bonchev–Trinajstić information content (AvgIpc) is 2.03. The summed E-state index contributed by atoms with van der Waals surface area (Å²) < 4.78 is 0. The minimum Gasteiger partial charge on any atom is -0.354 e. The highest BCUT2D eigenvalue weighted by molar-refractivity contribution is 5.28. The van der Waals surface area contributed by atoms with E-state index < -0.39 is 0 Å². The fourth-order valence-corrected chi connectivity index (χ4v) is 1.13. The van der Waals surface area contributed by atoms with Crippen LogP contribution in [0.3, 0.4) is 0 Å². The van der Waals surface area contributed by atoms with E-state index in [2.05, 4.69) is 29.1 Å². The van der Waals surface area contributed by atoms with E-state index in [1.54, 1.807) is 0 Å². The number of hydrogen-bond acceptors (Lipinski definition) is 3. The summed E-state index contributed by atoms with van der Waals surface area (Å²) in [4.78, 5) is 8.68. The van der Waals surface area contributed by atoms with Crippen molar-refractivity contribution < 1.29 is 0 Å². The average molecular weight is 179 g/mol. The third kappa shape index (κ3) is 2.68. The Morgan fingerprint density at radius 1 is 1.38 bits per heavy atom. The summed E-state index contributed by atoms with van der Waals surface area (Å²) in [5, 5.41) is 3.12. The third-order valence-corrected chi connectivity index (χ3v) is 1.80. The van der Waals surface area contributed by atoms with Gasteiger partial charge in [0.25, 0.3) is 0 Å². The van der Waals surface area contributed by atoms with Gasteiger partial charge in [0.15, 0.2) is 0 Å². The Labute approximate surface area is 79.6 Å². The molecule has 1 rings (SSSR count). The normalized spacial score (nSPS) is 10.5. The second-order valence-corrected chi connectivity index (χ2v) is 3.44. The van der Waals surface area contributed by atoms with Crippen molar-refractivity contribution in [3.8, 4) is 0 Å². The van der Waals surface area contributed by atoms with Crippen LogP contribution in [-0.2, 0) is 0 Å². The Balaban J connectivity index is 2.96. The number of rotatable bonds is 3. The molecular weight excluding hydrogens is 162 g/mol. The molecule has 0 aromatic carbocycles.